The minimum atomic E-state index is -3.80. The van der Waals surface area contributed by atoms with Gasteiger partial charge in [0.2, 0.25) is 0 Å². The van der Waals surface area contributed by atoms with Gasteiger partial charge in [0.05, 0.1) is 0 Å². The Morgan fingerprint density at radius 2 is 2.00 bits per heavy atom. The van der Waals surface area contributed by atoms with Gasteiger partial charge in [-0.15, -0.1) is 0 Å². The second kappa shape index (κ2) is 3.43. The van der Waals surface area contributed by atoms with E-state index in [0.717, 1.165) is 0 Å². The second-order valence-electron chi connectivity index (χ2n) is 2.83. The topological polar surface area (TPSA) is 55.9 Å². The average Bonchev–Trinajstić information content (AvgIpc) is 3.01. The van der Waals surface area contributed by atoms with Crippen LogP contribution in [0.2, 0.25) is 0 Å². The van der Waals surface area contributed by atoms with Crippen LogP contribution in [0.25, 0.3) is 6.08 Å². The standard InChI is InChI=1S/C10H8O4S/c1-2-8-5-3-4-6-9(8)15(11,12)14-10-7-13-10/h2-7H,1H2. The van der Waals surface area contributed by atoms with Crippen LogP contribution >= 0.6 is 0 Å². The normalized spacial score (nSPS) is 13.7. The molecule has 1 aliphatic rings. The van der Waals surface area contributed by atoms with Gasteiger partial charge in [-0.2, -0.15) is 8.42 Å². The molecule has 1 aromatic carbocycles. The summed E-state index contributed by atoms with van der Waals surface area (Å²) in [5.74, 6) is 0.00821. The first-order chi connectivity index (χ1) is 7.13. The van der Waals surface area contributed by atoms with Gasteiger partial charge in [-0.25, -0.2) is 0 Å². The molecule has 0 saturated heterocycles. The Morgan fingerprint density at radius 3 is 2.60 bits per heavy atom. The van der Waals surface area contributed by atoms with Crippen molar-refractivity contribution in [1.82, 2.24) is 0 Å². The smallest absolute Gasteiger partial charge is 0.342 e. The van der Waals surface area contributed by atoms with Crippen molar-refractivity contribution < 1.29 is 17.3 Å². The first-order valence-corrected chi connectivity index (χ1v) is 5.57. The average molecular weight is 224 g/mol. The largest absolute Gasteiger partial charge is 0.424 e. The molecule has 1 aliphatic heterocycles. The number of hydrogen-bond acceptors (Lipinski definition) is 4. The van der Waals surface area contributed by atoms with E-state index in [0.29, 0.717) is 5.56 Å². The predicted molar refractivity (Wildman–Crippen MR) is 54.0 cm³/mol. The summed E-state index contributed by atoms with van der Waals surface area (Å²) in [4.78, 5) is 0.0800. The molecule has 0 unspecified atom stereocenters. The summed E-state index contributed by atoms with van der Waals surface area (Å²) in [6.07, 6.45) is 2.67. The Balaban J connectivity index is 2.42. The third-order valence-corrected chi connectivity index (χ3v) is 3.11. The molecule has 2 rings (SSSR count). The molecule has 0 saturated carbocycles. The summed E-state index contributed by atoms with van der Waals surface area (Å²) in [5, 5.41) is 0. The predicted octanol–water partition coefficient (Wildman–Crippen LogP) is 1.86. The highest BCUT2D eigenvalue weighted by atomic mass is 32.2. The first-order valence-electron chi connectivity index (χ1n) is 4.16. The Hall–Kier alpha value is -1.75. The molecule has 0 fully saturated rings. The molecule has 0 N–H and O–H groups in total. The van der Waals surface area contributed by atoms with Crippen molar-refractivity contribution in [2.45, 2.75) is 4.90 Å². The molecule has 0 radical (unpaired) electrons. The van der Waals surface area contributed by atoms with Crippen molar-refractivity contribution >= 4 is 16.2 Å². The van der Waals surface area contributed by atoms with Crippen molar-refractivity contribution in [1.29, 1.82) is 0 Å². The van der Waals surface area contributed by atoms with Gasteiger partial charge in [-0.05, 0) is 11.6 Å². The molecular weight excluding hydrogens is 216 g/mol. The van der Waals surface area contributed by atoms with E-state index in [9.17, 15) is 8.42 Å². The summed E-state index contributed by atoms with van der Waals surface area (Å²) in [6.45, 7) is 3.53. The molecule has 0 bridgehead atoms. The van der Waals surface area contributed by atoms with Gasteiger partial charge in [0.1, 0.15) is 4.90 Å². The van der Waals surface area contributed by atoms with Crippen molar-refractivity contribution in [3.8, 4) is 0 Å². The highest BCUT2D eigenvalue weighted by Crippen LogP contribution is 2.25. The molecule has 0 aliphatic carbocycles. The molecule has 0 amide bonds. The third-order valence-electron chi connectivity index (χ3n) is 1.81. The zero-order valence-electron chi connectivity index (χ0n) is 7.71. The van der Waals surface area contributed by atoms with Gasteiger partial charge in [-0.1, -0.05) is 30.9 Å². The highest BCUT2D eigenvalue weighted by molar-refractivity contribution is 7.87. The highest BCUT2D eigenvalue weighted by Gasteiger charge is 2.25. The van der Waals surface area contributed by atoms with Crippen LogP contribution in [0.4, 0.5) is 0 Å². The monoisotopic (exact) mass is 224 g/mol. The van der Waals surface area contributed by atoms with Crippen LogP contribution in [0, 0.1) is 0 Å². The SMILES string of the molecule is C=Cc1ccccc1S(=O)(=O)OC1=CO1. The molecule has 4 nitrogen and oxygen atoms in total. The molecule has 78 valence electrons. The van der Waals surface area contributed by atoms with E-state index in [1.165, 1.54) is 18.4 Å². The van der Waals surface area contributed by atoms with E-state index in [2.05, 4.69) is 15.5 Å². The van der Waals surface area contributed by atoms with Gasteiger partial charge in [0.25, 0.3) is 0 Å². The lowest BCUT2D eigenvalue weighted by molar-refractivity contribution is 0.300. The molecular formula is C10H8O4S. The van der Waals surface area contributed by atoms with E-state index < -0.39 is 10.1 Å². The summed E-state index contributed by atoms with van der Waals surface area (Å²) < 4.78 is 32.5. The van der Waals surface area contributed by atoms with E-state index in [1.807, 2.05) is 0 Å². The summed E-state index contributed by atoms with van der Waals surface area (Å²) >= 11 is 0. The van der Waals surface area contributed by atoms with Crippen LogP contribution in [-0.2, 0) is 19.0 Å². The fourth-order valence-electron chi connectivity index (χ4n) is 1.09. The minimum Gasteiger partial charge on any atom is -0.424 e. The minimum absolute atomic E-state index is 0.00821. The van der Waals surface area contributed by atoms with Crippen molar-refractivity contribution in [3.05, 3.63) is 48.6 Å². The van der Waals surface area contributed by atoms with Crippen LogP contribution in [-0.4, -0.2) is 8.42 Å². The van der Waals surface area contributed by atoms with Crippen molar-refractivity contribution in [2.75, 3.05) is 0 Å². The summed E-state index contributed by atoms with van der Waals surface area (Å²) in [6, 6.07) is 6.44. The first kappa shape index (κ1) is 9.79. The molecule has 1 heterocycles. The Bertz CT molecular complexity index is 528. The number of benzene rings is 1. The van der Waals surface area contributed by atoms with Gasteiger partial charge in [0.15, 0.2) is 6.26 Å². The van der Waals surface area contributed by atoms with Crippen LogP contribution in [0.1, 0.15) is 5.56 Å². The molecule has 0 aromatic heterocycles. The van der Waals surface area contributed by atoms with Gasteiger partial charge < -0.3 is 8.92 Å². The Labute approximate surface area is 87.6 Å². The maximum absolute atomic E-state index is 11.7. The number of rotatable bonds is 4. The molecule has 0 atom stereocenters. The fourth-order valence-corrected chi connectivity index (χ4v) is 2.16. The zero-order valence-corrected chi connectivity index (χ0v) is 8.53. The van der Waals surface area contributed by atoms with E-state index >= 15 is 0 Å². The van der Waals surface area contributed by atoms with Crippen molar-refractivity contribution in [3.63, 3.8) is 0 Å². The molecule has 0 spiro atoms. The van der Waals surface area contributed by atoms with E-state index in [1.54, 1.807) is 18.2 Å². The van der Waals surface area contributed by atoms with Gasteiger partial charge in [-0.3, -0.25) is 0 Å². The third kappa shape index (κ3) is 2.02. The van der Waals surface area contributed by atoms with Gasteiger partial charge in [0, 0.05) is 0 Å². The van der Waals surface area contributed by atoms with Crippen LogP contribution in [0.3, 0.4) is 0 Å². The van der Waals surface area contributed by atoms with Gasteiger partial charge >= 0.3 is 16.1 Å². The second-order valence-corrected chi connectivity index (χ2v) is 4.35. The lowest BCUT2D eigenvalue weighted by Crippen LogP contribution is -2.05. The molecule has 1 aromatic rings. The number of ether oxygens (including phenoxy) is 1. The van der Waals surface area contributed by atoms with Crippen LogP contribution in [0.5, 0.6) is 0 Å². The quantitative estimate of drug-likeness (QED) is 0.732. The van der Waals surface area contributed by atoms with E-state index in [4.69, 9.17) is 0 Å². The summed E-state index contributed by atoms with van der Waals surface area (Å²) in [5.41, 5.74) is 0.499. The fraction of sp³-hybridized carbons (Fsp3) is 0. The molecule has 15 heavy (non-hydrogen) atoms. The van der Waals surface area contributed by atoms with Crippen molar-refractivity contribution in [2.24, 2.45) is 0 Å². The van der Waals surface area contributed by atoms with Crippen LogP contribution < -0.4 is 0 Å². The lowest BCUT2D eigenvalue weighted by atomic mass is 10.2. The zero-order chi connectivity index (χ0) is 10.9. The van der Waals surface area contributed by atoms with Crippen LogP contribution in [0.15, 0.2) is 47.9 Å². The number of hydrogen-bond donors (Lipinski definition) is 0. The molecule has 5 heteroatoms. The Morgan fingerprint density at radius 1 is 1.33 bits per heavy atom. The Kier molecular flexibility index (Phi) is 2.24. The maximum Gasteiger partial charge on any atom is 0.342 e. The summed E-state index contributed by atoms with van der Waals surface area (Å²) in [7, 11) is -3.80. The lowest BCUT2D eigenvalue weighted by Gasteiger charge is -2.04. The van der Waals surface area contributed by atoms with E-state index in [-0.39, 0.29) is 10.8 Å². The maximum atomic E-state index is 11.7.